The number of anilines is 1. The fourth-order valence-corrected chi connectivity index (χ4v) is 4.25. The van der Waals surface area contributed by atoms with Crippen LogP contribution in [0.15, 0.2) is 18.3 Å². The number of hydrogen-bond acceptors (Lipinski definition) is 3. The summed E-state index contributed by atoms with van der Waals surface area (Å²) in [4.78, 5) is 28.6. The fourth-order valence-electron chi connectivity index (χ4n) is 4.13. The molecule has 1 aromatic rings. The van der Waals surface area contributed by atoms with Gasteiger partial charge in [-0.15, -0.1) is 0 Å². The molecule has 2 amide bonds. The molecule has 2 saturated carbocycles. The summed E-state index contributed by atoms with van der Waals surface area (Å²) in [5.74, 6) is 0.786. The maximum Gasteiger partial charge on any atom is 0.227 e. The first-order chi connectivity index (χ1) is 12.6. The van der Waals surface area contributed by atoms with E-state index in [0.29, 0.717) is 23.2 Å². The summed E-state index contributed by atoms with van der Waals surface area (Å²) in [6.45, 7) is 0. The summed E-state index contributed by atoms with van der Waals surface area (Å²) in [6, 6.07) is 3.63. The first-order valence-electron chi connectivity index (χ1n) is 9.82. The van der Waals surface area contributed by atoms with Crippen LogP contribution in [0.25, 0.3) is 0 Å². The van der Waals surface area contributed by atoms with Gasteiger partial charge in [0, 0.05) is 18.4 Å². The third-order valence-corrected chi connectivity index (χ3v) is 5.88. The minimum atomic E-state index is -0.00262. The Labute approximate surface area is 160 Å². The maximum absolute atomic E-state index is 12.4. The van der Waals surface area contributed by atoms with E-state index < -0.39 is 0 Å². The SMILES string of the molecule is O=C(CC1CCCCC1)NC1CCC(C(=O)Nc2ccc(Cl)nc2)CC1. The maximum atomic E-state index is 12.4. The topological polar surface area (TPSA) is 71.1 Å². The smallest absolute Gasteiger partial charge is 0.227 e. The van der Waals surface area contributed by atoms with Crippen molar-refractivity contribution in [2.24, 2.45) is 11.8 Å². The zero-order valence-corrected chi connectivity index (χ0v) is 15.9. The number of nitrogens with zero attached hydrogens (tertiary/aromatic N) is 1. The predicted molar refractivity (Wildman–Crippen MR) is 103 cm³/mol. The molecular formula is C20H28ClN3O2. The number of pyridine rings is 1. The molecule has 26 heavy (non-hydrogen) atoms. The molecule has 2 N–H and O–H groups in total. The number of aromatic nitrogens is 1. The lowest BCUT2D eigenvalue weighted by Crippen LogP contribution is -2.40. The lowest BCUT2D eigenvalue weighted by atomic mass is 9.84. The number of carbonyl (C=O) groups is 2. The minimum absolute atomic E-state index is 0.00262. The highest BCUT2D eigenvalue weighted by Crippen LogP contribution is 2.28. The van der Waals surface area contributed by atoms with Gasteiger partial charge in [-0.3, -0.25) is 9.59 Å². The normalized spacial score (nSPS) is 24.0. The Hall–Kier alpha value is -1.62. The van der Waals surface area contributed by atoms with Gasteiger partial charge in [0.2, 0.25) is 11.8 Å². The molecule has 0 aliphatic heterocycles. The zero-order chi connectivity index (χ0) is 18.4. The highest BCUT2D eigenvalue weighted by molar-refractivity contribution is 6.29. The van der Waals surface area contributed by atoms with Gasteiger partial charge in [0.15, 0.2) is 0 Å². The van der Waals surface area contributed by atoms with Gasteiger partial charge in [-0.05, 0) is 56.6 Å². The van der Waals surface area contributed by atoms with Gasteiger partial charge in [0.05, 0.1) is 11.9 Å². The molecule has 0 radical (unpaired) electrons. The van der Waals surface area contributed by atoms with Gasteiger partial charge in [0.25, 0.3) is 0 Å². The van der Waals surface area contributed by atoms with E-state index in [9.17, 15) is 9.59 Å². The van der Waals surface area contributed by atoms with Gasteiger partial charge in [-0.2, -0.15) is 0 Å². The van der Waals surface area contributed by atoms with Crippen LogP contribution in [0.2, 0.25) is 5.15 Å². The van der Waals surface area contributed by atoms with Gasteiger partial charge < -0.3 is 10.6 Å². The molecule has 2 aliphatic carbocycles. The lowest BCUT2D eigenvalue weighted by Gasteiger charge is -2.29. The Balaban J connectivity index is 1.38. The van der Waals surface area contributed by atoms with E-state index >= 15 is 0 Å². The van der Waals surface area contributed by atoms with E-state index in [1.165, 1.54) is 32.1 Å². The van der Waals surface area contributed by atoms with Crippen LogP contribution >= 0.6 is 11.6 Å². The van der Waals surface area contributed by atoms with Crippen LogP contribution in [0.5, 0.6) is 0 Å². The highest BCUT2D eigenvalue weighted by atomic mass is 35.5. The largest absolute Gasteiger partial charge is 0.353 e. The zero-order valence-electron chi connectivity index (χ0n) is 15.2. The second-order valence-electron chi connectivity index (χ2n) is 7.68. The van der Waals surface area contributed by atoms with Crippen molar-refractivity contribution in [3.8, 4) is 0 Å². The number of amides is 2. The quantitative estimate of drug-likeness (QED) is 0.750. The number of nitrogens with one attached hydrogen (secondary N) is 2. The molecule has 142 valence electrons. The van der Waals surface area contributed by atoms with Crippen LogP contribution < -0.4 is 10.6 Å². The van der Waals surface area contributed by atoms with Crippen LogP contribution in [0.4, 0.5) is 5.69 Å². The summed E-state index contributed by atoms with van der Waals surface area (Å²) in [7, 11) is 0. The third kappa shape index (κ3) is 5.70. The molecule has 2 fully saturated rings. The Morgan fingerprint density at radius 3 is 2.42 bits per heavy atom. The van der Waals surface area contributed by atoms with Crippen molar-refractivity contribution < 1.29 is 9.59 Å². The number of halogens is 1. The molecule has 0 atom stereocenters. The fraction of sp³-hybridized carbons (Fsp3) is 0.650. The summed E-state index contributed by atoms with van der Waals surface area (Å²) in [5, 5.41) is 6.50. The van der Waals surface area contributed by atoms with Crippen LogP contribution in [-0.4, -0.2) is 22.8 Å². The van der Waals surface area contributed by atoms with E-state index in [-0.39, 0.29) is 23.8 Å². The molecule has 1 aromatic heterocycles. The van der Waals surface area contributed by atoms with Gasteiger partial charge in [0.1, 0.15) is 5.15 Å². The van der Waals surface area contributed by atoms with Crippen LogP contribution in [0, 0.1) is 11.8 Å². The first-order valence-corrected chi connectivity index (χ1v) is 10.2. The Morgan fingerprint density at radius 2 is 1.77 bits per heavy atom. The second-order valence-corrected chi connectivity index (χ2v) is 8.07. The second kappa shape index (κ2) is 9.36. The lowest BCUT2D eigenvalue weighted by molar-refractivity contribution is -0.123. The van der Waals surface area contributed by atoms with E-state index in [1.807, 2.05) is 0 Å². The molecule has 2 aliphatic rings. The summed E-state index contributed by atoms with van der Waals surface area (Å²) in [6.07, 6.45) is 11.8. The van der Waals surface area contributed by atoms with Crippen molar-refractivity contribution in [2.75, 3.05) is 5.32 Å². The van der Waals surface area contributed by atoms with Crippen LogP contribution in [0.1, 0.15) is 64.2 Å². The molecule has 0 aromatic carbocycles. The summed E-state index contributed by atoms with van der Waals surface area (Å²) >= 11 is 5.76. The van der Waals surface area contributed by atoms with Crippen LogP contribution in [0.3, 0.4) is 0 Å². The van der Waals surface area contributed by atoms with E-state index in [1.54, 1.807) is 18.3 Å². The highest BCUT2D eigenvalue weighted by Gasteiger charge is 2.27. The Kier molecular flexibility index (Phi) is 6.89. The Morgan fingerprint density at radius 1 is 1.04 bits per heavy atom. The third-order valence-electron chi connectivity index (χ3n) is 5.66. The van der Waals surface area contributed by atoms with Gasteiger partial charge in [-0.25, -0.2) is 4.98 Å². The van der Waals surface area contributed by atoms with Gasteiger partial charge in [-0.1, -0.05) is 30.9 Å². The standard InChI is InChI=1S/C20H28ClN3O2/c21-18-11-10-17(13-22-18)24-20(26)15-6-8-16(9-7-15)23-19(25)12-14-4-2-1-3-5-14/h10-11,13-16H,1-9,12H2,(H,23,25)(H,24,26). The van der Waals surface area contributed by atoms with Crippen LogP contribution in [-0.2, 0) is 9.59 Å². The summed E-state index contributed by atoms with van der Waals surface area (Å²) in [5.41, 5.74) is 0.669. The van der Waals surface area contributed by atoms with E-state index in [0.717, 1.165) is 25.7 Å². The molecule has 1 heterocycles. The molecular weight excluding hydrogens is 350 g/mol. The van der Waals surface area contributed by atoms with Crippen molar-refractivity contribution in [3.05, 3.63) is 23.5 Å². The predicted octanol–water partition coefficient (Wildman–Crippen LogP) is 4.32. The molecule has 0 unspecified atom stereocenters. The average molecular weight is 378 g/mol. The van der Waals surface area contributed by atoms with E-state index in [2.05, 4.69) is 15.6 Å². The van der Waals surface area contributed by atoms with E-state index in [4.69, 9.17) is 11.6 Å². The molecule has 0 saturated heterocycles. The molecule has 0 spiro atoms. The van der Waals surface area contributed by atoms with Crippen molar-refractivity contribution in [2.45, 2.75) is 70.3 Å². The number of carbonyl (C=O) groups excluding carboxylic acids is 2. The minimum Gasteiger partial charge on any atom is -0.353 e. The van der Waals surface area contributed by atoms with Crippen molar-refractivity contribution in [3.63, 3.8) is 0 Å². The first kappa shape index (κ1) is 19.2. The average Bonchev–Trinajstić information content (AvgIpc) is 2.65. The summed E-state index contributed by atoms with van der Waals surface area (Å²) < 4.78 is 0. The monoisotopic (exact) mass is 377 g/mol. The molecule has 5 nitrogen and oxygen atoms in total. The Bertz CT molecular complexity index is 606. The van der Waals surface area contributed by atoms with Crippen molar-refractivity contribution in [1.82, 2.24) is 10.3 Å². The number of rotatable bonds is 5. The molecule has 6 heteroatoms. The van der Waals surface area contributed by atoms with Crippen molar-refractivity contribution in [1.29, 1.82) is 0 Å². The number of hydrogen-bond donors (Lipinski definition) is 2. The van der Waals surface area contributed by atoms with Gasteiger partial charge >= 0.3 is 0 Å². The van der Waals surface area contributed by atoms with Crippen molar-refractivity contribution >= 4 is 29.1 Å². The molecule has 0 bridgehead atoms. The molecule has 3 rings (SSSR count).